The van der Waals surface area contributed by atoms with E-state index in [4.69, 9.17) is 33.0 Å². The van der Waals surface area contributed by atoms with Crippen molar-refractivity contribution in [1.82, 2.24) is 0 Å². The molecule has 0 bridgehead atoms. The molecule has 0 aliphatic carbocycles. The lowest BCUT2D eigenvalue weighted by Crippen LogP contribution is -2.20. The van der Waals surface area contributed by atoms with Crippen molar-refractivity contribution in [2.75, 3.05) is 0 Å². The van der Waals surface area contributed by atoms with Gasteiger partial charge in [-0.25, -0.2) is 4.79 Å². The van der Waals surface area contributed by atoms with Crippen LogP contribution >= 0.6 is 23.2 Å². The molecule has 0 fully saturated rings. The number of hydrogen-bond acceptors (Lipinski definition) is 5. The predicted molar refractivity (Wildman–Crippen MR) is 85.9 cm³/mol. The summed E-state index contributed by atoms with van der Waals surface area (Å²) in [7, 11) is 0. The van der Waals surface area contributed by atoms with Crippen molar-refractivity contribution >= 4 is 40.6 Å². The lowest BCUT2D eigenvalue weighted by molar-refractivity contribution is -0.385. The summed E-state index contributed by atoms with van der Waals surface area (Å²) < 4.78 is 4.92. The average molecular weight is 370 g/mol. The number of hydrogen-bond donors (Lipinski definition) is 1. The quantitative estimate of drug-likeness (QED) is 0.361. The van der Waals surface area contributed by atoms with Gasteiger partial charge in [0, 0.05) is 11.6 Å². The molecule has 2 aromatic rings. The van der Waals surface area contributed by atoms with Crippen LogP contribution in [0.25, 0.3) is 0 Å². The molecular weight excluding hydrogens is 361 g/mol. The SMILES string of the molecule is O=C(c1ccc(OC(Cl)C(=O)O)cc1Cl)c1ccccc1[N+](=O)[O-]. The van der Waals surface area contributed by atoms with Crippen LogP contribution in [-0.4, -0.2) is 27.3 Å². The van der Waals surface area contributed by atoms with Crippen LogP contribution in [0.3, 0.4) is 0 Å². The molecule has 1 atom stereocenters. The van der Waals surface area contributed by atoms with Crippen molar-refractivity contribution in [3.05, 3.63) is 68.7 Å². The second-order valence-electron chi connectivity index (χ2n) is 4.52. The number of carbonyl (C=O) groups excluding carboxylic acids is 1. The number of rotatable bonds is 6. The molecular formula is C15H9Cl2NO6. The molecule has 24 heavy (non-hydrogen) atoms. The zero-order valence-corrected chi connectivity index (χ0v) is 13.3. The highest BCUT2D eigenvalue weighted by Gasteiger charge is 2.23. The number of nitro benzene ring substituents is 1. The highest BCUT2D eigenvalue weighted by atomic mass is 35.5. The molecule has 0 aliphatic rings. The zero-order chi connectivity index (χ0) is 17.9. The van der Waals surface area contributed by atoms with Crippen molar-refractivity contribution in [2.45, 2.75) is 5.56 Å². The number of aliphatic carboxylic acids is 1. The van der Waals surface area contributed by atoms with Crippen LogP contribution in [0.4, 0.5) is 5.69 Å². The van der Waals surface area contributed by atoms with Crippen LogP contribution in [0.5, 0.6) is 5.75 Å². The van der Waals surface area contributed by atoms with Crippen molar-refractivity contribution in [2.24, 2.45) is 0 Å². The van der Waals surface area contributed by atoms with Crippen LogP contribution in [0.1, 0.15) is 15.9 Å². The standard InChI is InChI=1S/C15H9Cl2NO6/c16-11-7-8(24-14(17)15(20)21)5-6-9(11)13(19)10-3-1-2-4-12(10)18(22)23/h1-7,14H,(H,20,21). The molecule has 0 aromatic heterocycles. The normalized spacial score (nSPS) is 11.6. The van der Waals surface area contributed by atoms with Gasteiger partial charge in [0.15, 0.2) is 0 Å². The van der Waals surface area contributed by atoms with E-state index in [9.17, 15) is 19.7 Å². The summed E-state index contributed by atoms with van der Waals surface area (Å²) in [5.74, 6) is -1.98. The summed E-state index contributed by atoms with van der Waals surface area (Å²) in [6.07, 6.45) is 0. The Hall–Kier alpha value is -2.64. The Balaban J connectivity index is 2.35. The fraction of sp³-hybridized carbons (Fsp3) is 0.0667. The Bertz CT molecular complexity index is 823. The lowest BCUT2D eigenvalue weighted by atomic mass is 10.0. The molecule has 0 spiro atoms. The number of halogens is 2. The molecule has 0 radical (unpaired) electrons. The number of carboxylic acids is 1. The molecule has 2 rings (SSSR count). The van der Waals surface area contributed by atoms with Gasteiger partial charge in [-0.05, 0) is 24.3 Å². The first-order valence-electron chi connectivity index (χ1n) is 6.42. The number of para-hydroxylation sites is 1. The summed E-state index contributed by atoms with van der Waals surface area (Å²) >= 11 is 11.5. The topological polar surface area (TPSA) is 107 Å². The third-order valence-electron chi connectivity index (χ3n) is 2.96. The molecule has 0 aliphatic heterocycles. The van der Waals surface area contributed by atoms with Crippen molar-refractivity contribution in [3.8, 4) is 5.75 Å². The number of nitro groups is 1. The van der Waals surface area contributed by atoms with Crippen LogP contribution in [0.15, 0.2) is 42.5 Å². The molecule has 2 aromatic carbocycles. The highest BCUT2D eigenvalue weighted by molar-refractivity contribution is 6.35. The van der Waals surface area contributed by atoms with E-state index in [1.165, 1.54) is 42.5 Å². The Morgan fingerprint density at radius 3 is 2.42 bits per heavy atom. The number of ether oxygens (including phenoxy) is 1. The van der Waals surface area contributed by atoms with Gasteiger partial charge >= 0.3 is 5.97 Å². The molecule has 0 amide bonds. The summed E-state index contributed by atoms with van der Waals surface area (Å²) in [5, 5.41) is 19.6. The minimum Gasteiger partial charge on any atom is -0.478 e. The predicted octanol–water partition coefficient (Wildman–Crippen LogP) is 3.51. The molecule has 1 unspecified atom stereocenters. The Labute approximate surface area is 145 Å². The minimum absolute atomic E-state index is 0.0137. The first kappa shape index (κ1) is 17.7. The van der Waals surface area contributed by atoms with Gasteiger partial charge in [0.2, 0.25) is 5.78 Å². The molecule has 0 heterocycles. The maximum atomic E-state index is 12.5. The summed E-state index contributed by atoms with van der Waals surface area (Å²) in [6, 6.07) is 9.26. The van der Waals surface area contributed by atoms with Crippen molar-refractivity contribution < 1.29 is 24.4 Å². The first-order chi connectivity index (χ1) is 11.3. The van der Waals surface area contributed by atoms with Gasteiger partial charge in [0.1, 0.15) is 11.3 Å². The van der Waals surface area contributed by atoms with Gasteiger partial charge in [-0.2, -0.15) is 0 Å². The van der Waals surface area contributed by atoms with E-state index in [1.54, 1.807) is 0 Å². The highest BCUT2D eigenvalue weighted by Crippen LogP contribution is 2.28. The number of carbonyl (C=O) groups is 2. The van der Waals surface area contributed by atoms with Crippen LogP contribution < -0.4 is 4.74 Å². The summed E-state index contributed by atoms with van der Waals surface area (Å²) in [5.41, 5.74) is -2.05. The first-order valence-corrected chi connectivity index (χ1v) is 7.24. The maximum Gasteiger partial charge on any atom is 0.360 e. The largest absolute Gasteiger partial charge is 0.478 e. The van der Waals surface area contributed by atoms with Gasteiger partial charge in [0.25, 0.3) is 11.3 Å². The molecule has 1 N–H and O–H groups in total. The number of nitrogens with zero attached hydrogens (tertiary/aromatic N) is 1. The smallest absolute Gasteiger partial charge is 0.360 e. The number of ketones is 1. The monoisotopic (exact) mass is 369 g/mol. The molecule has 124 valence electrons. The number of benzene rings is 2. The van der Waals surface area contributed by atoms with E-state index in [1.807, 2.05) is 0 Å². The fourth-order valence-corrected chi connectivity index (χ4v) is 2.25. The second kappa shape index (κ2) is 7.29. The van der Waals surface area contributed by atoms with Crippen LogP contribution in [0, 0.1) is 10.1 Å². The van der Waals surface area contributed by atoms with E-state index in [-0.39, 0.29) is 27.6 Å². The average Bonchev–Trinajstić information content (AvgIpc) is 2.54. The third kappa shape index (κ3) is 3.81. The van der Waals surface area contributed by atoms with Crippen LogP contribution in [0.2, 0.25) is 5.02 Å². The zero-order valence-electron chi connectivity index (χ0n) is 11.8. The van der Waals surface area contributed by atoms with E-state index in [0.717, 1.165) is 0 Å². The van der Waals surface area contributed by atoms with Crippen LogP contribution in [-0.2, 0) is 4.79 Å². The van der Waals surface area contributed by atoms with E-state index >= 15 is 0 Å². The van der Waals surface area contributed by atoms with Gasteiger partial charge in [-0.15, -0.1) is 0 Å². The Morgan fingerprint density at radius 1 is 1.17 bits per heavy atom. The van der Waals surface area contributed by atoms with E-state index < -0.39 is 22.2 Å². The Morgan fingerprint density at radius 2 is 1.83 bits per heavy atom. The van der Waals surface area contributed by atoms with Crippen molar-refractivity contribution in [1.29, 1.82) is 0 Å². The summed E-state index contributed by atoms with van der Waals surface area (Å²) in [6.45, 7) is 0. The molecule has 0 saturated heterocycles. The van der Waals surface area contributed by atoms with E-state index in [2.05, 4.69) is 0 Å². The van der Waals surface area contributed by atoms with E-state index in [0.29, 0.717) is 0 Å². The van der Waals surface area contributed by atoms with Gasteiger partial charge < -0.3 is 9.84 Å². The summed E-state index contributed by atoms with van der Waals surface area (Å²) in [4.78, 5) is 33.5. The number of alkyl halides is 1. The van der Waals surface area contributed by atoms with Gasteiger partial charge in [-0.1, -0.05) is 35.3 Å². The lowest BCUT2D eigenvalue weighted by Gasteiger charge is -2.10. The van der Waals surface area contributed by atoms with Crippen molar-refractivity contribution in [3.63, 3.8) is 0 Å². The Kier molecular flexibility index (Phi) is 5.38. The fourth-order valence-electron chi connectivity index (χ4n) is 1.89. The molecule has 7 nitrogen and oxygen atoms in total. The maximum absolute atomic E-state index is 12.5. The molecule has 0 saturated carbocycles. The third-order valence-corrected chi connectivity index (χ3v) is 3.55. The second-order valence-corrected chi connectivity index (χ2v) is 5.32. The van der Waals surface area contributed by atoms with Gasteiger partial charge in [0.05, 0.1) is 9.95 Å². The molecule has 9 heteroatoms. The van der Waals surface area contributed by atoms with Gasteiger partial charge in [-0.3, -0.25) is 14.9 Å². The minimum atomic E-state index is -1.61. The number of carboxylic acid groups (broad SMARTS) is 1.